The Balaban J connectivity index is 2.51. The minimum Gasteiger partial charge on any atom is -0.495 e. The molecule has 1 amide bonds. The van der Waals surface area contributed by atoms with Crippen molar-refractivity contribution in [3.8, 4) is 5.75 Å². The summed E-state index contributed by atoms with van der Waals surface area (Å²) >= 11 is 0. The van der Waals surface area contributed by atoms with Gasteiger partial charge in [0.25, 0.3) is 5.91 Å². The summed E-state index contributed by atoms with van der Waals surface area (Å²) in [7, 11) is 0.999. The summed E-state index contributed by atoms with van der Waals surface area (Å²) in [6.45, 7) is 2.41. The molecule has 7 heteroatoms. The van der Waals surface area contributed by atoms with Gasteiger partial charge in [-0.2, -0.15) is 4.31 Å². The Labute approximate surface area is 138 Å². The van der Waals surface area contributed by atoms with E-state index in [0.717, 1.165) is 19.3 Å². The largest absolute Gasteiger partial charge is 0.495 e. The number of benzene rings is 1. The standard InChI is InChI=1S/C16H24N2O4S/c1-12-7-5-6-10-18(12)23(20,21)15-11-13(16(19)17(2)3)8-9-14(15)22-4/h8-9,11-12H,5-7,10H2,1-4H3. The van der Waals surface area contributed by atoms with E-state index in [1.807, 2.05) is 6.92 Å². The van der Waals surface area contributed by atoms with Crippen LogP contribution >= 0.6 is 0 Å². The molecule has 0 aromatic heterocycles. The molecular weight excluding hydrogens is 316 g/mol. The molecule has 1 fully saturated rings. The van der Waals surface area contributed by atoms with Crippen molar-refractivity contribution in [2.45, 2.75) is 37.1 Å². The summed E-state index contributed by atoms with van der Waals surface area (Å²) < 4.78 is 32.8. The fourth-order valence-electron chi connectivity index (χ4n) is 2.82. The first kappa shape index (κ1) is 17.7. The number of rotatable bonds is 4. The lowest BCUT2D eigenvalue weighted by Crippen LogP contribution is -2.42. The van der Waals surface area contributed by atoms with Crippen molar-refractivity contribution < 1.29 is 17.9 Å². The van der Waals surface area contributed by atoms with Crippen LogP contribution in [0.1, 0.15) is 36.5 Å². The van der Waals surface area contributed by atoms with Gasteiger partial charge in [-0.1, -0.05) is 6.42 Å². The summed E-state index contributed by atoms with van der Waals surface area (Å²) in [5.41, 5.74) is 0.332. The maximum absolute atomic E-state index is 13.0. The zero-order valence-corrected chi connectivity index (χ0v) is 14.9. The van der Waals surface area contributed by atoms with Crippen molar-refractivity contribution in [1.29, 1.82) is 0 Å². The topological polar surface area (TPSA) is 66.9 Å². The first-order valence-corrected chi connectivity index (χ1v) is 9.14. The molecule has 1 aliphatic rings. The van der Waals surface area contributed by atoms with E-state index in [9.17, 15) is 13.2 Å². The second kappa shape index (κ2) is 6.88. The van der Waals surface area contributed by atoms with Gasteiger partial charge in [-0.3, -0.25) is 4.79 Å². The lowest BCUT2D eigenvalue weighted by molar-refractivity contribution is 0.0827. The van der Waals surface area contributed by atoms with Crippen LogP contribution in [-0.4, -0.2) is 57.3 Å². The van der Waals surface area contributed by atoms with Crippen LogP contribution in [0.25, 0.3) is 0 Å². The number of methoxy groups -OCH3 is 1. The van der Waals surface area contributed by atoms with Crippen LogP contribution in [0, 0.1) is 0 Å². The molecule has 0 bridgehead atoms. The summed E-state index contributed by atoms with van der Waals surface area (Å²) in [4.78, 5) is 13.6. The Morgan fingerprint density at radius 1 is 1.30 bits per heavy atom. The number of sulfonamides is 1. The van der Waals surface area contributed by atoms with E-state index in [1.165, 1.54) is 28.4 Å². The third kappa shape index (κ3) is 3.50. The number of piperidine rings is 1. The van der Waals surface area contributed by atoms with Crippen LogP contribution in [0.4, 0.5) is 0 Å². The molecule has 1 saturated heterocycles. The Kier molecular flexibility index (Phi) is 5.31. The average molecular weight is 340 g/mol. The van der Waals surface area contributed by atoms with Gasteiger partial charge in [-0.05, 0) is 38.0 Å². The highest BCUT2D eigenvalue weighted by molar-refractivity contribution is 7.89. The second-order valence-electron chi connectivity index (χ2n) is 6.03. The van der Waals surface area contributed by atoms with E-state index >= 15 is 0 Å². The average Bonchev–Trinajstić information content (AvgIpc) is 2.53. The number of carbonyl (C=O) groups is 1. The molecule has 6 nitrogen and oxygen atoms in total. The molecule has 0 radical (unpaired) electrons. The highest BCUT2D eigenvalue weighted by atomic mass is 32.2. The van der Waals surface area contributed by atoms with Gasteiger partial charge >= 0.3 is 0 Å². The maximum Gasteiger partial charge on any atom is 0.253 e. The molecule has 1 aliphatic heterocycles. The molecule has 0 aliphatic carbocycles. The Hall–Kier alpha value is -1.60. The van der Waals surface area contributed by atoms with Crippen LogP contribution in [0.2, 0.25) is 0 Å². The Morgan fingerprint density at radius 2 is 2.00 bits per heavy atom. The quantitative estimate of drug-likeness (QED) is 0.840. The van der Waals surface area contributed by atoms with Gasteiger partial charge in [0.05, 0.1) is 7.11 Å². The first-order valence-electron chi connectivity index (χ1n) is 7.70. The number of ether oxygens (including phenoxy) is 1. The lowest BCUT2D eigenvalue weighted by Gasteiger charge is -2.32. The van der Waals surface area contributed by atoms with Crippen LogP contribution in [0.3, 0.4) is 0 Å². The summed E-state index contributed by atoms with van der Waals surface area (Å²) in [6.07, 6.45) is 2.73. The van der Waals surface area contributed by atoms with Gasteiger partial charge in [0.2, 0.25) is 10.0 Å². The molecule has 0 spiro atoms. The highest BCUT2D eigenvalue weighted by Gasteiger charge is 2.33. The van der Waals surface area contributed by atoms with Crippen molar-refractivity contribution >= 4 is 15.9 Å². The smallest absolute Gasteiger partial charge is 0.253 e. The van der Waals surface area contributed by atoms with Crippen LogP contribution in [0.5, 0.6) is 5.75 Å². The molecule has 2 rings (SSSR count). The Morgan fingerprint density at radius 3 is 2.57 bits per heavy atom. The molecule has 1 unspecified atom stereocenters. The number of nitrogens with zero attached hydrogens (tertiary/aromatic N) is 2. The van der Waals surface area contributed by atoms with E-state index in [1.54, 1.807) is 20.2 Å². The molecule has 1 atom stereocenters. The minimum absolute atomic E-state index is 0.0494. The first-order chi connectivity index (χ1) is 10.8. The van der Waals surface area contributed by atoms with E-state index < -0.39 is 10.0 Å². The third-order valence-corrected chi connectivity index (χ3v) is 6.18. The molecule has 1 aromatic carbocycles. The van der Waals surface area contributed by atoms with Gasteiger partial charge in [-0.25, -0.2) is 8.42 Å². The zero-order valence-electron chi connectivity index (χ0n) is 14.1. The highest BCUT2D eigenvalue weighted by Crippen LogP contribution is 2.31. The van der Waals surface area contributed by atoms with Crippen molar-refractivity contribution in [2.75, 3.05) is 27.7 Å². The van der Waals surface area contributed by atoms with Crippen molar-refractivity contribution in [2.24, 2.45) is 0 Å². The molecular formula is C16H24N2O4S. The number of carbonyl (C=O) groups excluding carboxylic acids is 1. The fraction of sp³-hybridized carbons (Fsp3) is 0.562. The lowest BCUT2D eigenvalue weighted by atomic mass is 10.1. The van der Waals surface area contributed by atoms with E-state index in [0.29, 0.717) is 12.1 Å². The molecule has 128 valence electrons. The second-order valence-corrected chi connectivity index (χ2v) is 7.88. The summed E-state index contributed by atoms with van der Waals surface area (Å²) in [5.74, 6) is 0.0221. The third-order valence-electron chi connectivity index (χ3n) is 4.15. The SMILES string of the molecule is COc1ccc(C(=O)N(C)C)cc1S(=O)(=O)N1CCCCC1C. The van der Waals surface area contributed by atoms with Gasteiger partial charge in [0, 0.05) is 32.2 Å². The molecule has 0 N–H and O–H groups in total. The minimum atomic E-state index is -3.70. The normalized spacial score (nSPS) is 19.4. The van der Waals surface area contributed by atoms with E-state index in [-0.39, 0.29) is 22.6 Å². The fourth-order valence-corrected chi connectivity index (χ4v) is 4.71. The summed E-state index contributed by atoms with van der Waals surface area (Å²) in [6, 6.07) is 4.49. The molecule has 0 saturated carbocycles. The number of hydrogen-bond donors (Lipinski definition) is 0. The van der Waals surface area contributed by atoms with Crippen LogP contribution in [-0.2, 0) is 10.0 Å². The zero-order chi connectivity index (χ0) is 17.2. The van der Waals surface area contributed by atoms with Gasteiger partial charge in [0.1, 0.15) is 10.6 Å². The predicted molar refractivity (Wildman–Crippen MR) is 88.2 cm³/mol. The molecule has 1 heterocycles. The molecule has 23 heavy (non-hydrogen) atoms. The number of hydrogen-bond acceptors (Lipinski definition) is 4. The van der Waals surface area contributed by atoms with Crippen molar-refractivity contribution in [3.63, 3.8) is 0 Å². The predicted octanol–water partition coefficient (Wildman–Crippen LogP) is 1.96. The van der Waals surface area contributed by atoms with Crippen LogP contribution < -0.4 is 4.74 Å². The number of amides is 1. The van der Waals surface area contributed by atoms with E-state index in [4.69, 9.17) is 4.74 Å². The summed E-state index contributed by atoms with van der Waals surface area (Å²) in [5, 5.41) is 0. The van der Waals surface area contributed by atoms with E-state index in [2.05, 4.69) is 0 Å². The van der Waals surface area contributed by atoms with Crippen LogP contribution in [0.15, 0.2) is 23.1 Å². The maximum atomic E-state index is 13.0. The van der Waals surface area contributed by atoms with Gasteiger partial charge in [0.15, 0.2) is 0 Å². The van der Waals surface area contributed by atoms with Gasteiger partial charge in [-0.15, -0.1) is 0 Å². The van der Waals surface area contributed by atoms with Crippen molar-refractivity contribution in [1.82, 2.24) is 9.21 Å². The monoisotopic (exact) mass is 340 g/mol. The van der Waals surface area contributed by atoms with Crippen molar-refractivity contribution in [3.05, 3.63) is 23.8 Å². The molecule has 1 aromatic rings. The Bertz CT molecular complexity index is 685. The van der Waals surface area contributed by atoms with Gasteiger partial charge < -0.3 is 9.64 Å².